The van der Waals surface area contributed by atoms with Crippen molar-refractivity contribution in [2.75, 3.05) is 12.0 Å². The third kappa shape index (κ3) is 3.92. The van der Waals surface area contributed by atoms with E-state index >= 15 is 0 Å². The molecule has 0 aliphatic carbocycles. The maximum absolute atomic E-state index is 13.9. The topological polar surface area (TPSA) is 92.9 Å². The summed E-state index contributed by atoms with van der Waals surface area (Å²) < 4.78 is 11.9. The van der Waals surface area contributed by atoms with Crippen LogP contribution in [0.1, 0.15) is 22.2 Å². The van der Waals surface area contributed by atoms with Crippen LogP contribution in [0.5, 0.6) is 5.75 Å². The number of benzene rings is 3. The summed E-state index contributed by atoms with van der Waals surface area (Å²) >= 11 is 19.8. The first-order valence-electron chi connectivity index (χ1n) is 11.2. The van der Waals surface area contributed by atoms with Crippen molar-refractivity contribution >= 4 is 84.1 Å². The molecule has 0 saturated carbocycles. The van der Waals surface area contributed by atoms with Crippen molar-refractivity contribution in [3.63, 3.8) is 0 Å². The number of methoxy groups -OCH3 is 1. The minimum atomic E-state index is -1.06. The van der Waals surface area contributed by atoms with Gasteiger partial charge < -0.3 is 14.3 Å². The van der Waals surface area contributed by atoms with Gasteiger partial charge in [0.2, 0.25) is 5.78 Å². The second kappa shape index (κ2) is 9.32. The van der Waals surface area contributed by atoms with Crippen molar-refractivity contribution in [3.05, 3.63) is 98.4 Å². The molecule has 1 unspecified atom stereocenters. The van der Waals surface area contributed by atoms with Gasteiger partial charge in [-0.3, -0.25) is 14.5 Å². The number of para-hydroxylation sites is 1. The van der Waals surface area contributed by atoms with Crippen LogP contribution in [-0.2, 0) is 4.79 Å². The van der Waals surface area contributed by atoms with Gasteiger partial charge in [-0.05, 0) is 48.0 Å². The number of rotatable bonds is 5. The Morgan fingerprint density at radius 2 is 1.89 bits per heavy atom. The van der Waals surface area contributed by atoms with Gasteiger partial charge in [-0.25, -0.2) is 4.98 Å². The van der Waals surface area contributed by atoms with Gasteiger partial charge in [-0.2, -0.15) is 0 Å². The number of halogens is 3. The Kier molecular flexibility index (Phi) is 6.07. The SMILES string of the molecule is COc1cccc2cc(C(=O)C3=C(O)C(=O)N(c4nc5ccc(Cl)cc5s4)C3c3ccc(Cl)c(Cl)c3)oc12. The summed E-state index contributed by atoms with van der Waals surface area (Å²) in [5, 5.41) is 13.0. The summed E-state index contributed by atoms with van der Waals surface area (Å²) in [6.45, 7) is 0. The van der Waals surface area contributed by atoms with Gasteiger partial charge in [0.1, 0.15) is 0 Å². The van der Waals surface area contributed by atoms with E-state index in [-0.39, 0.29) is 21.5 Å². The third-order valence-electron chi connectivity index (χ3n) is 6.21. The fourth-order valence-corrected chi connectivity index (χ4v) is 6.04. The molecule has 1 aliphatic rings. The smallest absolute Gasteiger partial charge is 0.296 e. The molecular weight excluding hydrogens is 571 g/mol. The molecule has 1 aliphatic heterocycles. The van der Waals surface area contributed by atoms with Gasteiger partial charge in [-0.1, -0.05) is 64.3 Å². The van der Waals surface area contributed by atoms with E-state index in [1.807, 2.05) is 0 Å². The zero-order valence-corrected chi connectivity index (χ0v) is 22.5. The number of ether oxygens (including phenoxy) is 1. The normalized spacial score (nSPS) is 15.7. The quantitative estimate of drug-likeness (QED) is 0.212. The molecule has 1 N–H and O–H groups in total. The van der Waals surface area contributed by atoms with E-state index in [1.165, 1.54) is 23.3 Å². The molecule has 0 fully saturated rings. The molecule has 1 amide bonds. The van der Waals surface area contributed by atoms with Crippen LogP contribution >= 0.6 is 46.1 Å². The minimum Gasteiger partial charge on any atom is -0.503 e. The first-order valence-corrected chi connectivity index (χ1v) is 13.1. The number of aliphatic hydroxyl groups is 1. The molecule has 7 nitrogen and oxygen atoms in total. The molecule has 0 bridgehead atoms. The van der Waals surface area contributed by atoms with Gasteiger partial charge in [0, 0.05) is 10.4 Å². The maximum atomic E-state index is 13.9. The van der Waals surface area contributed by atoms with Crippen LogP contribution in [0.3, 0.4) is 0 Å². The predicted molar refractivity (Wildman–Crippen MR) is 148 cm³/mol. The molecule has 0 spiro atoms. The highest BCUT2D eigenvalue weighted by Crippen LogP contribution is 2.45. The van der Waals surface area contributed by atoms with Crippen LogP contribution in [0.15, 0.2) is 76.4 Å². The van der Waals surface area contributed by atoms with Gasteiger partial charge in [0.15, 0.2) is 28.0 Å². The standard InChI is InChI=1S/C27H15Cl3N2O5S/c1-36-18-4-2-3-13-10-19(37-25(13)18)23(33)21-22(12-5-7-15(29)16(30)9-12)32(26(35)24(21)34)27-31-17-8-6-14(28)11-20(17)38-27/h2-11,22,34H,1H3. The number of carbonyl (C=O) groups excluding carboxylic acids is 2. The molecule has 11 heteroatoms. The summed E-state index contributed by atoms with van der Waals surface area (Å²) in [7, 11) is 1.49. The number of ketones is 1. The number of furan rings is 1. The van der Waals surface area contributed by atoms with Crippen molar-refractivity contribution in [2.24, 2.45) is 0 Å². The van der Waals surface area contributed by atoms with Gasteiger partial charge in [0.25, 0.3) is 5.91 Å². The molecule has 3 heterocycles. The Balaban J connectivity index is 1.52. The zero-order valence-electron chi connectivity index (χ0n) is 19.4. The lowest BCUT2D eigenvalue weighted by Gasteiger charge is -2.24. The number of aliphatic hydroxyl groups excluding tert-OH is 1. The van der Waals surface area contributed by atoms with Gasteiger partial charge >= 0.3 is 0 Å². The number of nitrogens with zero attached hydrogens (tertiary/aromatic N) is 2. The van der Waals surface area contributed by atoms with Crippen LogP contribution in [0.4, 0.5) is 5.13 Å². The van der Waals surface area contributed by atoms with E-state index in [0.29, 0.717) is 37.8 Å². The van der Waals surface area contributed by atoms with Crippen LogP contribution < -0.4 is 9.64 Å². The molecule has 3 aromatic carbocycles. The van der Waals surface area contributed by atoms with Crippen molar-refractivity contribution in [1.29, 1.82) is 0 Å². The molecule has 5 aromatic rings. The lowest BCUT2D eigenvalue weighted by atomic mass is 9.95. The summed E-state index contributed by atoms with van der Waals surface area (Å²) in [5.74, 6) is -1.80. The monoisotopic (exact) mass is 584 g/mol. The lowest BCUT2D eigenvalue weighted by molar-refractivity contribution is -0.117. The van der Waals surface area contributed by atoms with Gasteiger partial charge in [-0.15, -0.1) is 0 Å². The first kappa shape index (κ1) is 24.8. The number of thiazole rings is 1. The maximum Gasteiger partial charge on any atom is 0.296 e. The van der Waals surface area contributed by atoms with Crippen LogP contribution in [0, 0.1) is 0 Å². The molecule has 0 radical (unpaired) electrons. The molecule has 2 aromatic heterocycles. The van der Waals surface area contributed by atoms with Crippen molar-refractivity contribution < 1.29 is 23.8 Å². The highest BCUT2D eigenvalue weighted by Gasteiger charge is 2.46. The highest BCUT2D eigenvalue weighted by molar-refractivity contribution is 7.22. The fourth-order valence-electron chi connectivity index (χ4n) is 4.46. The predicted octanol–water partition coefficient (Wildman–Crippen LogP) is 7.79. The number of fused-ring (bicyclic) bond motifs is 2. The number of hydrogen-bond donors (Lipinski definition) is 1. The molecule has 190 valence electrons. The summed E-state index contributed by atoms with van der Waals surface area (Å²) in [4.78, 5) is 33.2. The van der Waals surface area contributed by atoms with E-state index in [9.17, 15) is 14.7 Å². The fraction of sp³-hybridized carbons (Fsp3) is 0.0741. The number of Topliss-reactive ketones (excluding diaryl/α,β-unsaturated/α-hetero) is 1. The van der Waals surface area contributed by atoms with E-state index in [2.05, 4.69) is 4.98 Å². The second-order valence-corrected chi connectivity index (χ2v) is 10.7. The molecule has 0 saturated heterocycles. The molecule has 1 atom stereocenters. The van der Waals surface area contributed by atoms with Crippen LogP contribution in [0.2, 0.25) is 15.1 Å². The Labute approximate surface area is 234 Å². The van der Waals surface area contributed by atoms with E-state index in [1.54, 1.807) is 60.7 Å². The van der Waals surface area contributed by atoms with Crippen molar-refractivity contribution in [1.82, 2.24) is 4.98 Å². The number of anilines is 1. The van der Waals surface area contributed by atoms with Crippen LogP contribution in [0.25, 0.3) is 21.2 Å². The van der Waals surface area contributed by atoms with Crippen molar-refractivity contribution in [3.8, 4) is 5.75 Å². The zero-order chi connectivity index (χ0) is 26.7. The number of amides is 1. The van der Waals surface area contributed by atoms with E-state index < -0.39 is 23.5 Å². The molecule has 38 heavy (non-hydrogen) atoms. The average Bonchev–Trinajstić information content (AvgIpc) is 3.59. The highest BCUT2D eigenvalue weighted by atomic mass is 35.5. The van der Waals surface area contributed by atoms with E-state index in [4.69, 9.17) is 44.0 Å². The Bertz CT molecular complexity index is 1830. The minimum absolute atomic E-state index is 0.0677. The van der Waals surface area contributed by atoms with Gasteiger partial charge in [0.05, 0.1) is 39.0 Å². The third-order valence-corrected chi connectivity index (χ3v) is 8.20. The summed E-state index contributed by atoms with van der Waals surface area (Å²) in [5.41, 5.74) is 1.25. The lowest BCUT2D eigenvalue weighted by Crippen LogP contribution is -2.31. The van der Waals surface area contributed by atoms with Crippen molar-refractivity contribution in [2.45, 2.75) is 6.04 Å². The first-order chi connectivity index (χ1) is 18.3. The summed E-state index contributed by atoms with van der Waals surface area (Å²) in [6.07, 6.45) is 0. The average molecular weight is 586 g/mol. The summed E-state index contributed by atoms with van der Waals surface area (Å²) in [6, 6.07) is 15.6. The number of aromatic nitrogens is 1. The molecule has 6 rings (SSSR count). The van der Waals surface area contributed by atoms with E-state index in [0.717, 1.165) is 4.70 Å². The Morgan fingerprint density at radius 3 is 2.66 bits per heavy atom. The Hall–Kier alpha value is -3.56. The van der Waals surface area contributed by atoms with Crippen LogP contribution in [-0.4, -0.2) is 28.9 Å². The largest absolute Gasteiger partial charge is 0.503 e. The number of carbonyl (C=O) groups is 2. The Morgan fingerprint density at radius 1 is 1.08 bits per heavy atom. The molecular formula is C27H15Cl3N2O5S. The second-order valence-electron chi connectivity index (χ2n) is 8.44. The number of hydrogen-bond acceptors (Lipinski definition) is 7.